The van der Waals surface area contributed by atoms with E-state index < -0.39 is 33.4 Å². The molecule has 1 aliphatic heterocycles. The van der Waals surface area contributed by atoms with Crippen molar-refractivity contribution in [2.45, 2.75) is 59.7 Å². The van der Waals surface area contributed by atoms with Crippen molar-refractivity contribution in [3.63, 3.8) is 0 Å². The van der Waals surface area contributed by atoms with Crippen molar-refractivity contribution in [1.29, 1.82) is 0 Å². The Morgan fingerprint density at radius 2 is 1.56 bits per heavy atom. The zero-order chi connectivity index (χ0) is 25.9. The van der Waals surface area contributed by atoms with E-state index in [1.807, 2.05) is 4.90 Å². The summed E-state index contributed by atoms with van der Waals surface area (Å²) in [4.78, 5) is 36.9. The highest BCUT2D eigenvalue weighted by Crippen LogP contribution is 2.25. The van der Waals surface area contributed by atoms with Crippen LogP contribution in [0.25, 0.3) is 0 Å². The number of nitrogens with zero attached hydrogens (tertiary/aromatic N) is 5. The van der Waals surface area contributed by atoms with Gasteiger partial charge in [-0.25, -0.2) is 28.0 Å². The van der Waals surface area contributed by atoms with E-state index in [0.717, 1.165) is 0 Å². The molecule has 0 bridgehead atoms. The van der Waals surface area contributed by atoms with Gasteiger partial charge in [0.15, 0.2) is 11.5 Å². The van der Waals surface area contributed by atoms with E-state index in [0.29, 0.717) is 36.9 Å². The molecule has 34 heavy (non-hydrogen) atoms. The highest BCUT2D eigenvalue weighted by Gasteiger charge is 2.36. The highest BCUT2D eigenvalue weighted by molar-refractivity contribution is 7.89. The fraction of sp³-hybridized carbons (Fsp3) is 0.636. The normalized spacial score (nSPS) is 15.4. The Morgan fingerprint density at radius 3 is 1.97 bits per heavy atom. The average Bonchev–Trinajstić information content (AvgIpc) is 2.71. The van der Waals surface area contributed by atoms with Crippen LogP contribution in [0, 0.1) is 12.3 Å². The number of carbonyl (C=O) groups excluding carboxylic acids is 2. The molecular weight excluding hydrogens is 462 g/mol. The van der Waals surface area contributed by atoms with Gasteiger partial charge in [0.25, 0.3) is 0 Å². The summed E-state index contributed by atoms with van der Waals surface area (Å²) in [5.41, 5.74) is -1.84. The summed E-state index contributed by atoms with van der Waals surface area (Å²) < 4.78 is 36.4. The molecule has 1 aliphatic rings. The summed E-state index contributed by atoms with van der Waals surface area (Å²) in [5, 5.41) is 0. The first-order valence-corrected chi connectivity index (χ1v) is 12.5. The number of carbonyl (C=O) groups is 2. The first-order valence-electron chi connectivity index (χ1n) is 10.9. The predicted octanol–water partition coefficient (Wildman–Crippen LogP) is 2.61. The molecule has 0 atom stereocenters. The molecule has 0 unspecified atom stereocenters. The average molecular weight is 496 g/mol. The molecule has 0 aromatic carbocycles. The number of anilines is 2. The maximum absolute atomic E-state index is 12.9. The van der Waals surface area contributed by atoms with Gasteiger partial charge in [0, 0.05) is 26.2 Å². The number of rotatable bonds is 4. The van der Waals surface area contributed by atoms with Crippen LogP contribution in [0.3, 0.4) is 0 Å². The lowest BCUT2D eigenvalue weighted by molar-refractivity contribution is 0.0428. The molecule has 0 spiro atoms. The van der Waals surface area contributed by atoms with E-state index >= 15 is 0 Å². The van der Waals surface area contributed by atoms with Crippen molar-refractivity contribution >= 4 is 33.8 Å². The molecule has 1 saturated heterocycles. The number of sulfonamides is 1. The Hall–Kier alpha value is -2.91. The van der Waals surface area contributed by atoms with Gasteiger partial charge in [-0.05, 0) is 54.4 Å². The van der Waals surface area contributed by atoms with E-state index in [2.05, 4.69) is 15.9 Å². The molecular formula is C22H33N5O6S. The fourth-order valence-electron chi connectivity index (χ4n) is 3.03. The number of ether oxygens (including phenoxy) is 2. The second kappa shape index (κ2) is 10.1. The number of terminal acetylenes is 1. The first-order chi connectivity index (χ1) is 15.6. The first kappa shape index (κ1) is 27.3. The summed E-state index contributed by atoms with van der Waals surface area (Å²) >= 11 is 0. The summed E-state index contributed by atoms with van der Waals surface area (Å²) in [6, 6.07) is 0. The second-order valence-corrected chi connectivity index (χ2v) is 11.9. The lowest BCUT2D eigenvalue weighted by atomic mass is 10.2. The van der Waals surface area contributed by atoms with Gasteiger partial charge in [0.2, 0.25) is 10.0 Å². The molecule has 12 heteroatoms. The smallest absolute Gasteiger partial charge is 0.425 e. The van der Waals surface area contributed by atoms with Crippen LogP contribution < -0.4 is 9.80 Å². The summed E-state index contributed by atoms with van der Waals surface area (Å²) in [6.07, 6.45) is 5.02. The number of hydrogen-bond donors (Lipinski definition) is 0. The van der Waals surface area contributed by atoms with Gasteiger partial charge in [-0.3, -0.25) is 0 Å². The Labute approximate surface area is 201 Å². The topological polar surface area (TPSA) is 122 Å². The number of imide groups is 1. The van der Waals surface area contributed by atoms with Crippen LogP contribution >= 0.6 is 0 Å². The van der Waals surface area contributed by atoms with Crippen LogP contribution in [-0.4, -0.2) is 78.0 Å². The number of aromatic nitrogens is 2. The van der Waals surface area contributed by atoms with Crippen molar-refractivity contribution in [3.05, 3.63) is 11.9 Å². The minimum atomic E-state index is -3.28. The Balaban J connectivity index is 2.37. The van der Waals surface area contributed by atoms with Gasteiger partial charge >= 0.3 is 12.2 Å². The Bertz CT molecular complexity index is 1030. The third-order valence-corrected chi connectivity index (χ3v) is 6.44. The maximum atomic E-state index is 12.9. The fourth-order valence-corrected chi connectivity index (χ4v) is 4.11. The predicted molar refractivity (Wildman–Crippen MR) is 128 cm³/mol. The van der Waals surface area contributed by atoms with Crippen molar-refractivity contribution in [1.82, 2.24) is 14.3 Å². The van der Waals surface area contributed by atoms with Crippen molar-refractivity contribution in [2.75, 3.05) is 41.7 Å². The molecule has 11 nitrogen and oxygen atoms in total. The van der Waals surface area contributed by atoms with Gasteiger partial charge < -0.3 is 14.4 Å². The van der Waals surface area contributed by atoms with Gasteiger partial charge in [-0.15, -0.1) is 6.42 Å². The number of amides is 2. The zero-order valence-corrected chi connectivity index (χ0v) is 21.6. The summed E-state index contributed by atoms with van der Waals surface area (Å²) in [5.74, 6) is 2.61. The molecule has 0 saturated carbocycles. The van der Waals surface area contributed by atoms with Crippen molar-refractivity contribution < 1.29 is 27.5 Å². The van der Waals surface area contributed by atoms with E-state index in [-0.39, 0.29) is 17.3 Å². The second-order valence-electron chi connectivity index (χ2n) is 9.63. The quantitative estimate of drug-likeness (QED) is 0.580. The highest BCUT2D eigenvalue weighted by atomic mass is 32.2. The third kappa shape index (κ3) is 7.04. The SMILES string of the molecule is C#Cc1nc(N2CCN(S(=O)(=O)CC)CC2)cnc1N(C(=O)OC(C)(C)C)C(=O)OC(C)(C)C. The van der Waals surface area contributed by atoms with Gasteiger partial charge in [0.05, 0.1) is 11.9 Å². The Kier molecular flexibility index (Phi) is 8.16. The van der Waals surface area contributed by atoms with Crippen LogP contribution in [0.4, 0.5) is 21.2 Å². The largest absolute Gasteiger partial charge is 0.443 e. The van der Waals surface area contributed by atoms with E-state index in [4.69, 9.17) is 15.9 Å². The molecule has 0 N–H and O–H groups in total. The van der Waals surface area contributed by atoms with Crippen LogP contribution in [0.1, 0.15) is 54.2 Å². The van der Waals surface area contributed by atoms with E-state index in [9.17, 15) is 18.0 Å². The van der Waals surface area contributed by atoms with Crippen molar-refractivity contribution in [2.24, 2.45) is 0 Å². The molecule has 1 fully saturated rings. The van der Waals surface area contributed by atoms with E-state index in [1.54, 1.807) is 48.5 Å². The molecule has 188 valence electrons. The molecule has 2 amide bonds. The lowest BCUT2D eigenvalue weighted by Crippen LogP contribution is -2.49. The molecule has 2 heterocycles. The van der Waals surface area contributed by atoms with Crippen LogP contribution in [-0.2, 0) is 19.5 Å². The summed E-state index contributed by atoms with van der Waals surface area (Å²) in [6.45, 7) is 12.9. The third-order valence-electron chi connectivity index (χ3n) is 4.56. The summed E-state index contributed by atoms with van der Waals surface area (Å²) in [7, 11) is -3.28. The zero-order valence-electron chi connectivity index (χ0n) is 20.8. The van der Waals surface area contributed by atoms with E-state index in [1.165, 1.54) is 10.5 Å². The number of hydrogen-bond acceptors (Lipinski definition) is 9. The molecule has 1 aromatic heterocycles. The van der Waals surface area contributed by atoms with Crippen LogP contribution in [0.2, 0.25) is 0 Å². The van der Waals surface area contributed by atoms with Crippen LogP contribution in [0.5, 0.6) is 0 Å². The minimum absolute atomic E-state index is 0.0356. The maximum Gasteiger partial charge on any atom is 0.425 e. The Morgan fingerprint density at radius 1 is 1.06 bits per heavy atom. The van der Waals surface area contributed by atoms with Crippen molar-refractivity contribution in [3.8, 4) is 12.3 Å². The molecule has 2 rings (SSSR count). The monoisotopic (exact) mass is 495 g/mol. The molecule has 0 radical (unpaired) electrons. The standard InChI is InChI=1S/C22H33N5O6S/c1-9-16-18(27(19(28)32-21(3,4)5)20(29)33-22(6,7)8)23-15-17(24-16)25-11-13-26(14-12-25)34(30,31)10-2/h1,15H,10-14H2,2-8H3. The lowest BCUT2D eigenvalue weighted by Gasteiger charge is -2.34. The van der Waals surface area contributed by atoms with Crippen LogP contribution in [0.15, 0.2) is 6.20 Å². The molecule has 0 aliphatic carbocycles. The minimum Gasteiger partial charge on any atom is -0.443 e. The van der Waals surface area contributed by atoms with Gasteiger partial charge in [-0.1, -0.05) is 0 Å². The van der Waals surface area contributed by atoms with Gasteiger partial charge in [-0.2, -0.15) is 9.21 Å². The molecule has 1 aromatic rings. The number of piperazine rings is 1. The van der Waals surface area contributed by atoms with Gasteiger partial charge in [0.1, 0.15) is 17.0 Å².